The molecule has 220 valence electrons. The van der Waals surface area contributed by atoms with Crippen molar-refractivity contribution in [1.29, 1.82) is 0 Å². The standard InChI is InChI=1S/C30H30Cl3N3O3S.Ni/c1-30(13-5-14-36(30)18-19-8-10-23(32)24(33)16-19)29(39)35-25-11-9-21(31)17-22(25)27(20-6-3-2-4-7-20)34-26(12-15-40)28(37)38;/h2-4,6-11,16-17,26H,5,12-15,18H2,1H3,(H3,34,35,37,38,39,40);/p-1/t26-,30+;/m1./s1. The molecule has 1 fully saturated rings. The van der Waals surface area contributed by atoms with Crippen LogP contribution in [0.1, 0.15) is 42.9 Å². The number of nitrogens with zero attached hydrogens (tertiary/aromatic N) is 3. The summed E-state index contributed by atoms with van der Waals surface area (Å²) in [5.74, 6) is -1.01. The molecule has 41 heavy (non-hydrogen) atoms. The first-order chi connectivity index (χ1) is 19.1. The number of thiol groups is 1. The van der Waals surface area contributed by atoms with Gasteiger partial charge in [-0.3, -0.25) is 9.89 Å². The van der Waals surface area contributed by atoms with Crippen LogP contribution in [0, 0.1) is 0 Å². The number of carboxylic acids is 1. The van der Waals surface area contributed by atoms with Gasteiger partial charge in [0.25, 0.3) is 0 Å². The van der Waals surface area contributed by atoms with E-state index in [0.29, 0.717) is 56.3 Å². The zero-order valence-electron chi connectivity index (χ0n) is 22.2. The number of amides is 1. The van der Waals surface area contributed by atoms with Crippen LogP contribution in [-0.2, 0) is 32.6 Å². The summed E-state index contributed by atoms with van der Waals surface area (Å²) in [5, 5.41) is 15.8. The number of benzene rings is 3. The van der Waals surface area contributed by atoms with E-state index >= 15 is 0 Å². The van der Waals surface area contributed by atoms with Crippen molar-refractivity contribution in [3.63, 3.8) is 0 Å². The molecule has 3 aromatic rings. The van der Waals surface area contributed by atoms with Gasteiger partial charge in [0.2, 0.25) is 0 Å². The largest absolute Gasteiger partial charge is 0.625 e. The molecule has 0 saturated carbocycles. The maximum absolute atomic E-state index is 13.9. The number of carbonyl (C=O) groups is 2. The number of carbonyl (C=O) groups excluding carboxylic acids is 1. The van der Waals surface area contributed by atoms with Crippen LogP contribution in [0.5, 0.6) is 0 Å². The van der Waals surface area contributed by atoms with E-state index in [1.165, 1.54) is 0 Å². The fraction of sp³-hybridized carbons (Fsp3) is 0.300. The smallest absolute Gasteiger partial charge is 0.328 e. The van der Waals surface area contributed by atoms with Gasteiger partial charge in [-0.15, -0.1) is 5.69 Å². The third kappa shape index (κ3) is 8.07. The van der Waals surface area contributed by atoms with E-state index < -0.39 is 17.6 Å². The van der Waals surface area contributed by atoms with Gasteiger partial charge in [-0.25, -0.2) is 4.79 Å². The quantitative estimate of drug-likeness (QED) is 0.130. The molecule has 1 amide bonds. The molecule has 0 unspecified atom stereocenters. The Balaban J connectivity index is 0.00000462. The fourth-order valence-corrected chi connectivity index (χ4v) is 5.55. The molecule has 2 atom stereocenters. The molecule has 1 aliphatic rings. The van der Waals surface area contributed by atoms with Crippen LogP contribution in [0.3, 0.4) is 0 Å². The first kappa shape index (κ1) is 33.4. The molecule has 1 saturated heterocycles. The Kier molecular flexibility index (Phi) is 12.2. The third-order valence-electron chi connectivity index (χ3n) is 7.06. The van der Waals surface area contributed by atoms with Gasteiger partial charge in [-0.2, -0.15) is 12.6 Å². The molecule has 0 aromatic heterocycles. The normalized spacial score (nSPS) is 18.0. The minimum Gasteiger partial charge on any atom is -0.625 e. The van der Waals surface area contributed by atoms with Crippen molar-refractivity contribution in [2.45, 2.75) is 44.3 Å². The molecule has 1 aliphatic heterocycles. The van der Waals surface area contributed by atoms with Crippen molar-refractivity contribution < 1.29 is 31.2 Å². The van der Waals surface area contributed by atoms with E-state index in [4.69, 9.17) is 34.8 Å². The summed E-state index contributed by atoms with van der Waals surface area (Å²) < 4.78 is 0. The zero-order valence-corrected chi connectivity index (χ0v) is 26.3. The first-order valence-electron chi connectivity index (χ1n) is 12.8. The maximum Gasteiger partial charge on any atom is 0.328 e. The van der Waals surface area contributed by atoms with Crippen molar-refractivity contribution in [2.24, 2.45) is 4.99 Å². The second-order valence-electron chi connectivity index (χ2n) is 9.84. The Morgan fingerprint density at radius 2 is 1.80 bits per heavy atom. The average Bonchev–Trinajstić information content (AvgIpc) is 3.31. The minimum atomic E-state index is -1.06. The summed E-state index contributed by atoms with van der Waals surface area (Å²) >= 11 is 22.9. The van der Waals surface area contributed by atoms with E-state index in [1.54, 1.807) is 24.3 Å². The average molecular weight is 677 g/mol. The molecule has 1 N–H and O–H groups in total. The van der Waals surface area contributed by atoms with Crippen LogP contribution in [0.15, 0.2) is 71.7 Å². The van der Waals surface area contributed by atoms with Crippen molar-refractivity contribution >= 4 is 70.7 Å². The number of aliphatic carboxylic acids is 1. The van der Waals surface area contributed by atoms with E-state index in [1.807, 2.05) is 49.4 Å². The zero-order chi connectivity index (χ0) is 28.9. The Bertz CT molecular complexity index is 1430. The van der Waals surface area contributed by atoms with E-state index in [-0.39, 0.29) is 28.8 Å². The molecule has 11 heteroatoms. The molecular weight excluding hydrogens is 647 g/mol. The van der Waals surface area contributed by atoms with E-state index in [2.05, 4.69) is 27.8 Å². The van der Waals surface area contributed by atoms with Crippen molar-refractivity contribution in [3.05, 3.63) is 104 Å². The van der Waals surface area contributed by atoms with Gasteiger partial charge in [-0.1, -0.05) is 77.3 Å². The Labute approximate surface area is 270 Å². The third-order valence-corrected chi connectivity index (χ3v) is 8.30. The summed E-state index contributed by atoms with van der Waals surface area (Å²) in [4.78, 5) is 32.6. The number of aliphatic imine (C=N–C) groups is 1. The number of halogens is 3. The second-order valence-corrected chi connectivity index (χ2v) is 11.5. The van der Waals surface area contributed by atoms with Crippen LogP contribution < -0.4 is 0 Å². The Morgan fingerprint density at radius 3 is 2.46 bits per heavy atom. The summed E-state index contributed by atoms with van der Waals surface area (Å²) in [7, 11) is 0. The Morgan fingerprint density at radius 1 is 1.07 bits per heavy atom. The Hall–Kier alpha value is -2.06. The summed E-state index contributed by atoms with van der Waals surface area (Å²) in [6.45, 7) is 3.15. The molecule has 0 aliphatic carbocycles. The summed E-state index contributed by atoms with van der Waals surface area (Å²) in [6.07, 6.45) is 1.72. The van der Waals surface area contributed by atoms with Crippen LogP contribution in [-0.4, -0.2) is 51.5 Å². The van der Waals surface area contributed by atoms with Gasteiger partial charge in [0, 0.05) is 33.6 Å². The summed E-state index contributed by atoms with van der Waals surface area (Å²) in [5.41, 5.74) is 2.04. The van der Waals surface area contributed by atoms with Gasteiger partial charge in [0.05, 0.1) is 27.2 Å². The number of hydrogen-bond donors (Lipinski definition) is 2. The molecule has 4 rings (SSSR count). The van der Waals surface area contributed by atoms with Crippen LogP contribution in [0.25, 0.3) is 5.32 Å². The first-order valence-corrected chi connectivity index (χ1v) is 14.6. The SMILES string of the molecule is C[C@@]1(C(=O)[N-]c2ccc(Cl)cc2C(=N[C@H](CCS)C(=O)O)c2ccccc2)CCCN1Cc1ccc(Cl)c(Cl)c1.[Ni]. The summed E-state index contributed by atoms with van der Waals surface area (Å²) in [6, 6.07) is 18.7. The van der Waals surface area contributed by atoms with Crippen molar-refractivity contribution in [2.75, 3.05) is 12.3 Å². The van der Waals surface area contributed by atoms with Crippen LogP contribution in [0.2, 0.25) is 15.1 Å². The molecule has 0 bridgehead atoms. The topological polar surface area (TPSA) is 84.1 Å². The van der Waals surface area contributed by atoms with Crippen molar-refractivity contribution in [3.8, 4) is 0 Å². The van der Waals surface area contributed by atoms with E-state index in [0.717, 1.165) is 18.5 Å². The predicted octanol–water partition coefficient (Wildman–Crippen LogP) is 7.84. The predicted molar refractivity (Wildman–Crippen MR) is 166 cm³/mol. The molecule has 1 heterocycles. The van der Waals surface area contributed by atoms with Gasteiger partial charge < -0.3 is 15.2 Å². The van der Waals surface area contributed by atoms with Gasteiger partial charge in [-0.05, 0) is 73.9 Å². The molecule has 0 spiro atoms. The van der Waals surface area contributed by atoms with Gasteiger partial charge in [0.15, 0.2) is 0 Å². The van der Waals surface area contributed by atoms with E-state index in [9.17, 15) is 14.7 Å². The fourth-order valence-electron chi connectivity index (χ4n) is 4.82. The number of rotatable bonds is 10. The minimum absolute atomic E-state index is 0. The van der Waals surface area contributed by atoms with Gasteiger partial charge in [0.1, 0.15) is 6.04 Å². The maximum atomic E-state index is 13.9. The van der Waals surface area contributed by atoms with Crippen LogP contribution >= 0.6 is 47.4 Å². The number of carboxylic acid groups (broad SMARTS) is 1. The number of likely N-dealkylation sites (tertiary alicyclic amines) is 1. The van der Waals surface area contributed by atoms with Gasteiger partial charge >= 0.3 is 5.97 Å². The monoisotopic (exact) mass is 674 g/mol. The van der Waals surface area contributed by atoms with Crippen molar-refractivity contribution in [1.82, 2.24) is 4.90 Å². The molecule has 0 radical (unpaired) electrons. The molecule has 3 aromatic carbocycles. The number of hydrogen-bond acceptors (Lipinski definition) is 5. The molecule has 6 nitrogen and oxygen atoms in total. The second kappa shape index (κ2) is 14.9. The molecular formula is C30H29Cl3N3NiO3S-. The van der Waals surface area contributed by atoms with Crippen LogP contribution in [0.4, 0.5) is 5.69 Å².